The van der Waals surface area contributed by atoms with Gasteiger partial charge in [0.2, 0.25) is 0 Å². The van der Waals surface area contributed by atoms with E-state index in [1.54, 1.807) is 40.7 Å². The van der Waals surface area contributed by atoms with Crippen LogP contribution in [0.25, 0.3) is 10.8 Å². The molecule has 8 nitrogen and oxygen atoms in total. The summed E-state index contributed by atoms with van der Waals surface area (Å²) in [6.45, 7) is 0. The van der Waals surface area contributed by atoms with Gasteiger partial charge in [-0.2, -0.15) is 5.10 Å². The number of aromatic nitrogens is 4. The van der Waals surface area contributed by atoms with E-state index in [1.807, 2.05) is 18.2 Å². The second-order valence-electron chi connectivity index (χ2n) is 5.61. The number of hydrogen-bond donors (Lipinski definition) is 2. The largest absolute Gasteiger partial charge is 0.396 e. The highest BCUT2D eigenvalue weighted by Gasteiger charge is 2.15. The molecule has 3 aromatic heterocycles. The van der Waals surface area contributed by atoms with Crippen LogP contribution in [-0.2, 0) is 0 Å². The van der Waals surface area contributed by atoms with Crippen LogP contribution in [0, 0.1) is 0 Å². The van der Waals surface area contributed by atoms with Gasteiger partial charge in [0.1, 0.15) is 5.69 Å². The van der Waals surface area contributed by atoms with Gasteiger partial charge in [-0.05, 0) is 18.2 Å². The Morgan fingerprint density at radius 1 is 1.15 bits per heavy atom. The molecule has 0 spiro atoms. The van der Waals surface area contributed by atoms with Crippen LogP contribution in [0.4, 0.5) is 11.4 Å². The van der Waals surface area contributed by atoms with Gasteiger partial charge in [0.25, 0.3) is 11.5 Å². The Bertz CT molecular complexity index is 1180. The predicted octanol–water partition coefficient (Wildman–Crippen LogP) is 2.31. The summed E-state index contributed by atoms with van der Waals surface area (Å²) in [6.07, 6.45) is 4.80. The van der Waals surface area contributed by atoms with Gasteiger partial charge in [-0.1, -0.05) is 18.2 Å². The third kappa shape index (κ3) is 3.35. The minimum Gasteiger partial charge on any atom is -0.396 e. The van der Waals surface area contributed by atoms with Crippen molar-refractivity contribution in [1.82, 2.24) is 19.3 Å². The lowest BCUT2D eigenvalue weighted by molar-refractivity contribution is 0.102. The number of carbonyl (C=O) groups excluding carboxylic acids is 1. The number of rotatable bonds is 4. The Morgan fingerprint density at radius 2 is 1.96 bits per heavy atom. The van der Waals surface area contributed by atoms with E-state index >= 15 is 0 Å². The molecule has 4 rings (SSSR count). The highest BCUT2D eigenvalue weighted by atomic mass is 32.1. The van der Waals surface area contributed by atoms with E-state index in [2.05, 4.69) is 15.4 Å². The summed E-state index contributed by atoms with van der Waals surface area (Å²) in [5, 5.41) is 9.04. The Balaban J connectivity index is 1.61. The molecule has 1 aromatic carbocycles. The maximum absolute atomic E-state index is 12.6. The molecule has 0 atom stereocenters. The van der Waals surface area contributed by atoms with Crippen LogP contribution in [0.15, 0.2) is 71.2 Å². The van der Waals surface area contributed by atoms with Crippen molar-refractivity contribution in [2.45, 2.75) is 0 Å². The van der Waals surface area contributed by atoms with Crippen molar-refractivity contribution >= 4 is 28.6 Å². The van der Waals surface area contributed by atoms with E-state index in [1.165, 1.54) is 28.2 Å². The van der Waals surface area contributed by atoms with Gasteiger partial charge < -0.3 is 11.1 Å². The number of nitrogens with two attached hydrogens (primary N) is 1. The number of pyridine rings is 1. The minimum atomic E-state index is -0.381. The number of hydrogen-bond acceptors (Lipinski definition) is 6. The van der Waals surface area contributed by atoms with Crippen molar-refractivity contribution in [3.63, 3.8) is 0 Å². The molecule has 0 saturated heterocycles. The van der Waals surface area contributed by atoms with Crippen LogP contribution >= 0.6 is 11.3 Å². The molecule has 134 valence electrons. The third-order valence-corrected chi connectivity index (χ3v) is 4.59. The maximum atomic E-state index is 12.6. The zero-order valence-corrected chi connectivity index (χ0v) is 14.8. The monoisotopic (exact) mass is 378 g/mol. The average molecular weight is 378 g/mol. The standard InChI is InChI=1S/C18H14N6O2S/c19-12-9-20-24(10-12)15-6-2-1-5-13(15)21-17(26)14-11-27-18(22-14)23-8-4-3-7-16(23)25/h1-11H,19H2,(H,21,26). The van der Waals surface area contributed by atoms with E-state index in [0.717, 1.165) is 0 Å². The first-order chi connectivity index (χ1) is 13.1. The molecule has 0 aliphatic rings. The van der Waals surface area contributed by atoms with Gasteiger partial charge in [-0.3, -0.25) is 14.2 Å². The first-order valence-corrected chi connectivity index (χ1v) is 8.84. The van der Waals surface area contributed by atoms with Gasteiger partial charge in [0, 0.05) is 17.6 Å². The van der Waals surface area contributed by atoms with Crippen LogP contribution in [0.1, 0.15) is 10.5 Å². The fourth-order valence-corrected chi connectivity index (χ4v) is 3.29. The van der Waals surface area contributed by atoms with Crippen LogP contribution in [0.5, 0.6) is 0 Å². The van der Waals surface area contributed by atoms with Crippen molar-refractivity contribution < 1.29 is 4.79 Å². The van der Waals surface area contributed by atoms with Crippen molar-refractivity contribution in [3.8, 4) is 10.8 Å². The Morgan fingerprint density at radius 3 is 2.74 bits per heavy atom. The molecule has 3 N–H and O–H groups in total. The molecule has 9 heteroatoms. The molecule has 4 aromatic rings. The van der Waals surface area contributed by atoms with E-state index in [-0.39, 0.29) is 17.2 Å². The highest BCUT2D eigenvalue weighted by molar-refractivity contribution is 7.12. The molecule has 0 bridgehead atoms. The van der Waals surface area contributed by atoms with Crippen molar-refractivity contribution in [2.24, 2.45) is 0 Å². The number of amides is 1. The molecule has 3 heterocycles. The van der Waals surface area contributed by atoms with Gasteiger partial charge in [-0.15, -0.1) is 11.3 Å². The molecule has 0 unspecified atom stereocenters. The van der Waals surface area contributed by atoms with Gasteiger partial charge in [0.05, 0.1) is 29.5 Å². The Kier molecular flexibility index (Phi) is 4.27. The van der Waals surface area contributed by atoms with Crippen LogP contribution in [-0.4, -0.2) is 25.2 Å². The number of benzene rings is 1. The van der Waals surface area contributed by atoms with Crippen molar-refractivity contribution in [2.75, 3.05) is 11.1 Å². The predicted molar refractivity (Wildman–Crippen MR) is 104 cm³/mol. The lowest BCUT2D eigenvalue weighted by Gasteiger charge is -2.10. The summed E-state index contributed by atoms with van der Waals surface area (Å²) in [5.41, 5.74) is 7.50. The molecule has 1 amide bonds. The zero-order valence-electron chi connectivity index (χ0n) is 13.9. The molecule has 0 aliphatic heterocycles. The van der Waals surface area contributed by atoms with Crippen molar-refractivity contribution in [3.05, 3.63) is 82.5 Å². The summed E-state index contributed by atoms with van der Waals surface area (Å²) in [4.78, 5) is 28.8. The number of anilines is 2. The third-order valence-electron chi connectivity index (χ3n) is 3.75. The SMILES string of the molecule is Nc1cnn(-c2ccccc2NC(=O)c2csc(-n3ccccc3=O)n2)c1. The number of nitrogen functional groups attached to an aromatic ring is 1. The number of para-hydroxylation sites is 2. The normalized spacial score (nSPS) is 10.7. The smallest absolute Gasteiger partial charge is 0.275 e. The van der Waals surface area contributed by atoms with Gasteiger partial charge in [-0.25, -0.2) is 9.67 Å². The summed E-state index contributed by atoms with van der Waals surface area (Å²) in [5.74, 6) is -0.381. The molecule has 0 radical (unpaired) electrons. The molecule has 0 saturated carbocycles. The number of carbonyl (C=O) groups is 1. The fourth-order valence-electron chi connectivity index (χ4n) is 2.50. The topological polar surface area (TPSA) is 108 Å². The Labute approximate surface area is 157 Å². The molecular formula is C18H14N6O2S. The number of nitrogens with zero attached hydrogens (tertiary/aromatic N) is 4. The number of nitrogens with one attached hydrogen (secondary N) is 1. The summed E-state index contributed by atoms with van der Waals surface area (Å²) < 4.78 is 2.98. The first-order valence-electron chi connectivity index (χ1n) is 7.96. The minimum absolute atomic E-state index is 0.208. The lowest BCUT2D eigenvalue weighted by atomic mass is 10.2. The summed E-state index contributed by atoms with van der Waals surface area (Å²) in [6, 6.07) is 12.0. The molecule has 27 heavy (non-hydrogen) atoms. The van der Waals surface area contributed by atoms with Crippen LogP contribution in [0.2, 0.25) is 0 Å². The molecular weight excluding hydrogens is 364 g/mol. The van der Waals surface area contributed by atoms with E-state index in [9.17, 15) is 9.59 Å². The second-order valence-corrected chi connectivity index (χ2v) is 6.45. The first kappa shape index (κ1) is 16.7. The van der Waals surface area contributed by atoms with Gasteiger partial charge in [0.15, 0.2) is 5.13 Å². The van der Waals surface area contributed by atoms with E-state index in [0.29, 0.717) is 22.2 Å². The van der Waals surface area contributed by atoms with Crippen molar-refractivity contribution in [1.29, 1.82) is 0 Å². The maximum Gasteiger partial charge on any atom is 0.275 e. The zero-order chi connectivity index (χ0) is 18.8. The van der Waals surface area contributed by atoms with Crippen LogP contribution in [0.3, 0.4) is 0 Å². The Hall–Kier alpha value is -3.72. The lowest BCUT2D eigenvalue weighted by Crippen LogP contribution is -2.17. The molecule has 0 fully saturated rings. The van der Waals surface area contributed by atoms with Gasteiger partial charge >= 0.3 is 0 Å². The van der Waals surface area contributed by atoms with Crippen LogP contribution < -0.4 is 16.6 Å². The summed E-state index contributed by atoms with van der Waals surface area (Å²) >= 11 is 1.22. The average Bonchev–Trinajstić information content (AvgIpc) is 3.32. The number of thiazole rings is 1. The molecule has 0 aliphatic carbocycles. The highest BCUT2D eigenvalue weighted by Crippen LogP contribution is 2.21. The summed E-state index contributed by atoms with van der Waals surface area (Å²) in [7, 11) is 0. The quantitative estimate of drug-likeness (QED) is 0.567. The second kappa shape index (κ2) is 6.89. The fraction of sp³-hybridized carbons (Fsp3) is 0. The van der Waals surface area contributed by atoms with E-state index in [4.69, 9.17) is 5.73 Å². The van der Waals surface area contributed by atoms with E-state index < -0.39 is 0 Å².